The largest absolute Gasteiger partial charge is 0.310 e. The van der Waals surface area contributed by atoms with E-state index in [0.717, 1.165) is 22.7 Å². The lowest BCUT2D eigenvalue weighted by Gasteiger charge is -2.28. The number of para-hydroxylation sites is 1. The Kier molecular flexibility index (Phi) is 7.18. The number of rotatable bonds is 6. The molecule has 0 aliphatic rings. The van der Waals surface area contributed by atoms with E-state index in [9.17, 15) is 0 Å². The molecule has 2 nitrogen and oxygen atoms in total. The monoisotopic (exact) mass is 662 g/mol. The first-order valence-corrected chi connectivity index (χ1v) is 17.9. The van der Waals surface area contributed by atoms with E-state index in [1.54, 1.807) is 0 Å². The second-order valence-electron chi connectivity index (χ2n) is 13.4. The molecule has 0 N–H and O–H groups in total. The molecule has 0 amide bonds. The van der Waals surface area contributed by atoms with Crippen LogP contribution in [0.1, 0.15) is 0 Å². The molecule has 9 aromatic carbocycles. The van der Waals surface area contributed by atoms with Gasteiger partial charge in [0, 0.05) is 33.2 Å². The molecule has 0 radical (unpaired) electrons. The van der Waals surface area contributed by atoms with Crippen LogP contribution in [0.3, 0.4) is 0 Å². The van der Waals surface area contributed by atoms with Crippen molar-refractivity contribution in [2.75, 3.05) is 4.90 Å². The molecule has 0 bridgehead atoms. The Morgan fingerprint density at radius 1 is 0.327 bits per heavy atom. The van der Waals surface area contributed by atoms with Gasteiger partial charge in [-0.3, -0.25) is 0 Å². The molecule has 0 saturated carbocycles. The average Bonchev–Trinajstić information content (AvgIpc) is 3.57. The van der Waals surface area contributed by atoms with Crippen LogP contribution >= 0.6 is 0 Å². The maximum atomic E-state index is 2.45. The van der Waals surface area contributed by atoms with Crippen LogP contribution in [0.25, 0.3) is 71.3 Å². The van der Waals surface area contributed by atoms with Gasteiger partial charge in [0.25, 0.3) is 0 Å². The Balaban J connectivity index is 1.22. The third-order valence-corrected chi connectivity index (χ3v) is 10.4. The zero-order valence-electron chi connectivity index (χ0n) is 28.5. The highest BCUT2D eigenvalue weighted by Crippen LogP contribution is 2.43. The molecule has 0 atom stereocenters. The number of nitrogens with zero attached hydrogens (tertiary/aromatic N) is 2. The normalized spacial score (nSPS) is 11.5. The van der Waals surface area contributed by atoms with Gasteiger partial charge in [0.2, 0.25) is 0 Å². The molecule has 244 valence electrons. The molecule has 1 heterocycles. The van der Waals surface area contributed by atoms with Gasteiger partial charge in [0.1, 0.15) is 0 Å². The standard InChI is InChI=1S/C50H34N2/c1-3-13-35(14-4-1)37-23-28-41(29-24-37)51(42-30-25-38(26-31-42)36-15-5-2-6-16-36)49-34-43(33-40-18-8-9-19-44(40)49)52-47-22-12-11-21-46(47)50-45-20-10-7-17-39(45)27-32-48(50)52/h1-34H. The first-order valence-electron chi connectivity index (χ1n) is 17.9. The van der Waals surface area contributed by atoms with Crippen molar-refractivity contribution >= 4 is 60.4 Å². The highest BCUT2D eigenvalue weighted by molar-refractivity contribution is 6.21. The number of hydrogen-bond donors (Lipinski definition) is 0. The predicted molar refractivity (Wildman–Crippen MR) is 221 cm³/mol. The van der Waals surface area contributed by atoms with E-state index in [1.165, 1.54) is 65.6 Å². The van der Waals surface area contributed by atoms with Gasteiger partial charge >= 0.3 is 0 Å². The van der Waals surface area contributed by atoms with Gasteiger partial charge in [0.15, 0.2) is 0 Å². The summed E-state index contributed by atoms with van der Waals surface area (Å²) in [5.41, 5.74) is 11.7. The highest BCUT2D eigenvalue weighted by Gasteiger charge is 2.20. The third kappa shape index (κ3) is 5.04. The number of hydrogen-bond acceptors (Lipinski definition) is 1. The molecule has 0 fully saturated rings. The Morgan fingerprint density at radius 2 is 0.827 bits per heavy atom. The molecular formula is C50H34N2. The lowest BCUT2D eigenvalue weighted by atomic mass is 10.0. The lowest BCUT2D eigenvalue weighted by Crippen LogP contribution is -2.11. The molecule has 0 unspecified atom stereocenters. The molecule has 2 heteroatoms. The lowest BCUT2D eigenvalue weighted by molar-refractivity contribution is 1.18. The highest BCUT2D eigenvalue weighted by atomic mass is 15.1. The summed E-state index contributed by atoms with van der Waals surface area (Å²) in [7, 11) is 0. The fourth-order valence-corrected chi connectivity index (χ4v) is 7.90. The van der Waals surface area contributed by atoms with Crippen molar-refractivity contribution in [1.29, 1.82) is 0 Å². The Hall–Kier alpha value is -6.90. The molecule has 0 aliphatic carbocycles. The van der Waals surface area contributed by atoms with Crippen LogP contribution in [0.15, 0.2) is 206 Å². The van der Waals surface area contributed by atoms with Gasteiger partial charge in [-0.2, -0.15) is 0 Å². The topological polar surface area (TPSA) is 8.17 Å². The van der Waals surface area contributed by atoms with Crippen LogP contribution in [0.5, 0.6) is 0 Å². The van der Waals surface area contributed by atoms with Gasteiger partial charge in [-0.25, -0.2) is 0 Å². The van der Waals surface area contributed by atoms with Crippen molar-refractivity contribution < 1.29 is 0 Å². The van der Waals surface area contributed by atoms with E-state index in [2.05, 4.69) is 216 Å². The van der Waals surface area contributed by atoms with Crippen LogP contribution in [0, 0.1) is 0 Å². The SMILES string of the molecule is c1ccc(-c2ccc(N(c3ccc(-c4ccccc4)cc3)c3cc(-n4c5ccccc5c5c6ccccc6ccc54)cc4ccccc34)cc2)cc1. The second kappa shape index (κ2) is 12.5. The minimum atomic E-state index is 1.10. The Labute approximate surface area is 303 Å². The maximum Gasteiger partial charge on any atom is 0.0560 e. The first kappa shape index (κ1) is 30.0. The van der Waals surface area contributed by atoms with Gasteiger partial charge < -0.3 is 9.47 Å². The fourth-order valence-electron chi connectivity index (χ4n) is 7.90. The summed E-state index contributed by atoms with van der Waals surface area (Å²) in [4.78, 5) is 2.42. The molecule has 0 saturated heterocycles. The van der Waals surface area contributed by atoms with Crippen LogP contribution in [-0.4, -0.2) is 4.57 Å². The minimum Gasteiger partial charge on any atom is -0.310 e. The molecule has 10 aromatic rings. The van der Waals surface area contributed by atoms with Crippen LogP contribution in [0.2, 0.25) is 0 Å². The summed E-state index contributed by atoms with van der Waals surface area (Å²) < 4.78 is 2.45. The molecular weight excluding hydrogens is 629 g/mol. The van der Waals surface area contributed by atoms with Crippen LogP contribution in [-0.2, 0) is 0 Å². The van der Waals surface area contributed by atoms with Crippen molar-refractivity contribution in [1.82, 2.24) is 4.57 Å². The Morgan fingerprint density at radius 3 is 1.46 bits per heavy atom. The number of anilines is 3. The molecule has 0 aliphatic heterocycles. The van der Waals surface area contributed by atoms with Gasteiger partial charge in [0.05, 0.1) is 16.7 Å². The van der Waals surface area contributed by atoms with Crippen molar-refractivity contribution in [3.8, 4) is 27.9 Å². The summed E-state index contributed by atoms with van der Waals surface area (Å²) in [5.74, 6) is 0. The predicted octanol–water partition coefficient (Wildman–Crippen LogP) is 13.9. The van der Waals surface area contributed by atoms with Gasteiger partial charge in [-0.15, -0.1) is 0 Å². The molecule has 10 rings (SSSR count). The van der Waals surface area contributed by atoms with E-state index in [0.29, 0.717) is 0 Å². The minimum absolute atomic E-state index is 1.10. The Bertz CT molecular complexity index is 2790. The van der Waals surface area contributed by atoms with Crippen molar-refractivity contribution in [2.24, 2.45) is 0 Å². The molecule has 1 aromatic heterocycles. The summed E-state index contributed by atoms with van der Waals surface area (Å²) in [6.07, 6.45) is 0. The second-order valence-corrected chi connectivity index (χ2v) is 13.4. The summed E-state index contributed by atoms with van der Waals surface area (Å²) in [6.45, 7) is 0. The third-order valence-electron chi connectivity index (χ3n) is 10.4. The summed E-state index contributed by atoms with van der Waals surface area (Å²) in [6, 6.07) is 74.7. The molecule has 52 heavy (non-hydrogen) atoms. The summed E-state index contributed by atoms with van der Waals surface area (Å²) >= 11 is 0. The van der Waals surface area contributed by atoms with E-state index in [1.807, 2.05) is 0 Å². The van der Waals surface area contributed by atoms with Crippen molar-refractivity contribution in [2.45, 2.75) is 0 Å². The number of fused-ring (bicyclic) bond motifs is 6. The fraction of sp³-hybridized carbons (Fsp3) is 0. The van der Waals surface area contributed by atoms with E-state index in [-0.39, 0.29) is 0 Å². The van der Waals surface area contributed by atoms with Gasteiger partial charge in [-0.1, -0.05) is 158 Å². The van der Waals surface area contributed by atoms with Crippen LogP contribution in [0.4, 0.5) is 17.1 Å². The van der Waals surface area contributed by atoms with Crippen LogP contribution < -0.4 is 4.90 Å². The number of benzene rings is 9. The zero-order chi connectivity index (χ0) is 34.4. The summed E-state index contributed by atoms with van der Waals surface area (Å²) in [5, 5.41) is 7.45. The average molecular weight is 663 g/mol. The maximum absolute atomic E-state index is 2.45. The van der Waals surface area contributed by atoms with E-state index < -0.39 is 0 Å². The zero-order valence-corrected chi connectivity index (χ0v) is 28.5. The quantitative estimate of drug-likeness (QED) is 0.172. The van der Waals surface area contributed by atoms with Crippen molar-refractivity contribution in [3.05, 3.63) is 206 Å². The van der Waals surface area contributed by atoms with E-state index in [4.69, 9.17) is 0 Å². The smallest absolute Gasteiger partial charge is 0.0560 e. The number of aromatic nitrogens is 1. The van der Waals surface area contributed by atoms with E-state index >= 15 is 0 Å². The molecule has 0 spiro atoms. The first-order chi connectivity index (χ1) is 25.8. The van der Waals surface area contributed by atoms with Crippen molar-refractivity contribution in [3.63, 3.8) is 0 Å². The van der Waals surface area contributed by atoms with Gasteiger partial charge in [-0.05, 0) is 86.9 Å².